The molecule has 0 aromatic rings. The van der Waals surface area contributed by atoms with Gasteiger partial charge in [-0.25, -0.2) is 0 Å². The van der Waals surface area contributed by atoms with Crippen LogP contribution in [0.4, 0.5) is 0 Å². The van der Waals surface area contributed by atoms with Gasteiger partial charge >= 0.3 is 0 Å². The summed E-state index contributed by atoms with van der Waals surface area (Å²) in [7, 11) is 0. The highest BCUT2D eigenvalue weighted by Gasteiger charge is 1.93. The first kappa shape index (κ1) is 13.7. The third-order valence-corrected chi connectivity index (χ3v) is 2.38. The van der Waals surface area contributed by atoms with Gasteiger partial charge in [0, 0.05) is 0 Å². The van der Waals surface area contributed by atoms with Crippen molar-refractivity contribution in [1.82, 2.24) is 0 Å². The molecular formula is C13H26O. The Morgan fingerprint density at radius 2 is 1.64 bits per heavy atom. The summed E-state index contributed by atoms with van der Waals surface area (Å²) in [6.45, 7) is 4.09. The van der Waals surface area contributed by atoms with Crippen molar-refractivity contribution in [2.24, 2.45) is 0 Å². The molecule has 0 radical (unpaired) electrons. The van der Waals surface area contributed by atoms with Crippen LogP contribution in [-0.4, -0.2) is 11.2 Å². The van der Waals surface area contributed by atoms with Gasteiger partial charge in [0.2, 0.25) is 0 Å². The van der Waals surface area contributed by atoms with Crippen LogP contribution in [0.15, 0.2) is 12.2 Å². The monoisotopic (exact) mass is 198 g/mol. The van der Waals surface area contributed by atoms with Gasteiger partial charge in [0.15, 0.2) is 0 Å². The van der Waals surface area contributed by atoms with Gasteiger partial charge in [0.05, 0.1) is 6.10 Å². The second-order valence-corrected chi connectivity index (χ2v) is 4.10. The van der Waals surface area contributed by atoms with Gasteiger partial charge in [0.1, 0.15) is 0 Å². The first-order chi connectivity index (χ1) is 6.77. The topological polar surface area (TPSA) is 20.2 Å². The molecule has 0 fully saturated rings. The van der Waals surface area contributed by atoms with E-state index in [4.69, 9.17) is 5.11 Å². The van der Waals surface area contributed by atoms with Gasteiger partial charge in [-0.1, -0.05) is 44.8 Å². The number of rotatable bonds is 9. The Morgan fingerprint density at radius 3 is 2.21 bits per heavy atom. The summed E-state index contributed by atoms with van der Waals surface area (Å²) in [5, 5.41) is 9.04. The molecule has 84 valence electrons. The molecule has 1 heteroatoms. The first-order valence-corrected chi connectivity index (χ1v) is 6.10. The minimum atomic E-state index is -0.116. The lowest BCUT2D eigenvalue weighted by Gasteiger charge is -2.01. The van der Waals surface area contributed by atoms with Crippen LogP contribution in [0.1, 0.15) is 65.2 Å². The van der Waals surface area contributed by atoms with Gasteiger partial charge in [0.25, 0.3) is 0 Å². The molecule has 0 saturated carbocycles. The molecule has 0 saturated heterocycles. The predicted molar refractivity (Wildman–Crippen MR) is 63.4 cm³/mol. The summed E-state index contributed by atoms with van der Waals surface area (Å²) in [6, 6.07) is 0. The second kappa shape index (κ2) is 10.8. The number of hydrogen-bond acceptors (Lipinski definition) is 1. The van der Waals surface area contributed by atoms with E-state index in [-0.39, 0.29) is 6.10 Å². The van der Waals surface area contributed by atoms with E-state index in [0.717, 1.165) is 6.42 Å². The molecule has 0 spiro atoms. The largest absolute Gasteiger partial charge is 0.393 e. The van der Waals surface area contributed by atoms with E-state index in [2.05, 4.69) is 19.1 Å². The summed E-state index contributed by atoms with van der Waals surface area (Å²) in [4.78, 5) is 0. The number of aliphatic hydroxyl groups is 1. The van der Waals surface area contributed by atoms with Gasteiger partial charge in [-0.2, -0.15) is 0 Å². The maximum absolute atomic E-state index is 9.04. The molecule has 0 aromatic heterocycles. The summed E-state index contributed by atoms with van der Waals surface area (Å²) in [6.07, 6.45) is 14.2. The zero-order valence-electron chi connectivity index (χ0n) is 9.84. The van der Waals surface area contributed by atoms with E-state index in [9.17, 15) is 0 Å². The molecule has 0 aliphatic carbocycles. The maximum atomic E-state index is 9.04. The Hall–Kier alpha value is -0.300. The van der Waals surface area contributed by atoms with Gasteiger partial charge in [-0.15, -0.1) is 0 Å². The van der Waals surface area contributed by atoms with Gasteiger partial charge in [-0.3, -0.25) is 0 Å². The molecule has 1 nitrogen and oxygen atoms in total. The Labute approximate surface area is 89.2 Å². The Balaban J connectivity index is 3.01. The van der Waals surface area contributed by atoms with E-state index in [0.29, 0.717) is 0 Å². The van der Waals surface area contributed by atoms with Crippen molar-refractivity contribution in [1.29, 1.82) is 0 Å². The highest BCUT2D eigenvalue weighted by atomic mass is 16.3. The number of unbranched alkanes of at least 4 members (excludes halogenated alkanes) is 5. The fourth-order valence-corrected chi connectivity index (χ4v) is 1.44. The van der Waals surface area contributed by atoms with Crippen molar-refractivity contribution < 1.29 is 5.11 Å². The average Bonchev–Trinajstić information content (AvgIpc) is 2.15. The molecule has 0 bridgehead atoms. The summed E-state index contributed by atoms with van der Waals surface area (Å²) < 4.78 is 0. The van der Waals surface area contributed by atoms with Crippen molar-refractivity contribution in [3.63, 3.8) is 0 Å². The molecule has 14 heavy (non-hydrogen) atoms. The summed E-state index contributed by atoms with van der Waals surface area (Å²) >= 11 is 0. The lowest BCUT2D eigenvalue weighted by molar-refractivity contribution is 0.180. The van der Waals surface area contributed by atoms with Crippen LogP contribution in [0.2, 0.25) is 0 Å². The van der Waals surface area contributed by atoms with Crippen molar-refractivity contribution in [2.45, 2.75) is 71.3 Å². The van der Waals surface area contributed by atoms with E-state index in [1.165, 1.54) is 44.9 Å². The minimum absolute atomic E-state index is 0.116. The molecular weight excluding hydrogens is 172 g/mol. The van der Waals surface area contributed by atoms with Crippen LogP contribution in [0.3, 0.4) is 0 Å². The van der Waals surface area contributed by atoms with Crippen LogP contribution in [0.5, 0.6) is 0 Å². The fraction of sp³-hybridized carbons (Fsp3) is 0.846. The van der Waals surface area contributed by atoms with Crippen molar-refractivity contribution in [3.05, 3.63) is 12.2 Å². The lowest BCUT2D eigenvalue weighted by Crippen LogP contribution is -1.97. The molecule has 0 aliphatic rings. The molecule has 0 heterocycles. The molecule has 0 aliphatic heterocycles. The first-order valence-electron chi connectivity index (χ1n) is 6.10. The van der Waals surface area contributed by atoms with E-state index >= 15 is 0 Å². The predicted octanol–water partition coefficient (Wildman–Crippen LogP) is 4.06. The highest BCUT2D eigenvalue weighted by molar-refractivity contribution is 4.81. The fourth-order valence-electron chi connectivity index (χ4n) is 1.44. The molecule has 1 atom stereocenters. The van der Waals surface area contributed by atoms with Crippen molar-refractivity contribution in [3.8, 4) is 0 Å². The smallest absolute Gasteiger partial charge is 0.0512 e. The number of aliphatic hydroxyl groups excluding tert-OH is 1. The Kier molecular flexibility index (Phi) is 10.5. The third-order valence-electron chi connectivity index (χ3n) is 2.38. The average molecular weight is 198 g/mol. The van der Waals surface area contributed by atoms with Crippen LogP contribution >= 0.6 is 0 Å². The molecule has 1 N–H and O–H groups in total. The maximum Gasteiger partial charge on any atom is 0.0512 e. The number of allylic oxidation sites excluding steroid dienone is 2. The van der Waals surface area contributed by atoms with Crippen molar-refractivity contribution in [2.75, 3.05) is 0 Å². The van der Waals surface area contributed by atoms with E-state index < -0.39 is 0 Å². The second-order valence-electron chi connectivity index (χ2n) is 4.10. The zero-order chi connectivity index (χ0) is 10.6. The minimum Gasteiger partial charge on any atom is -0.393 e. The zero-order valence-corrected chi connectivity index (χ0v) is 9.84. The van der Waals surface area contributed by atoms with E-state index in [1.54, 1.807) is 0 Å². The van der Waals surface area contributed by atoms with Gasteiger partial charge in [-0.05, 0) is 32.6 Å². The van der Waals surface area contributed by atoms with Crippen molar-refractivity contribution >= 4 is 0 Å². The lowest BCUT2D eigenvalue weighted by atomic mass is 10.1. The highest BCUT2D eigenvalue weighted by Crippen LogP contribution is 2.06. The van der Waals surface area contributed by atoms with Crippen LogP contribution in [0, 0.1) is 0 Å². The number of hydrogen-bond donors (Lipinski definition) is 1. The molecule has 0 amide bonds. The normalized spacial score (nSPS) is 13.6. The van der Waals surface area contributed by atoms with Crippen LogP contribution in [-0.2, 0) is 0 Å². The Bertz CT molecular complexity index is 127. The summed E-state index contributed by atoms with van der Waals surface area (Å²) in [5.74, 6) is 0. The Morgan fingerprint density at radius 1 is 1.00 bits per heavy atom. The molecule has 0 aromatic carbocycles. The quantitative estimate of drug-likeness (QED) is 0.437. The van der Waals surface area contributed by atoms with Crippen LogP contribution < -0.4 is 0 Å². The SMILES string of the molecule is CCCC/C=C/CCCCCC(C)O. The molecule has 1 unspecified atom stereocenters. The van der Waals surface area contributed by atoms with Gasteiger partial charge < -0.3 is 5.11 Å². The van der Waals surface area contributed by atoms with Crippen LogP contribution in [0.25, 0.3) is 0 Å². The third kappa shape index (κ3) is 11.7. The van der Waals surface area contributed by atoms with E-state index in [1.807, 2.05) is 6.92 Å². The standard InChI is InChI=1S/C13H26O/c1-3-4-5-6-7-8-9-10-11-12-13(2)14/h6-7,13-14H,3-5,8-12H2,1-2H3/b7-6+. The summed E-state index contributed by atoms with van der Waals surface area (Å²) in [5.41, 5.74) is 0. The molecule has 0 rings (SSSR count).